The summed E-state index contributed by atoms with van der Waals surface area (Å²) in [4.78, 5) is 11.3. The molecule has 62 valence electrons. The van der Waals surface area contributed by atoms with E-state index >= 15 is 0 Å². The Morgan fingerprint density at radius 1 is 1.73 bits per heavy atom. The molecule has 0 aromatic carbocycles. The quantitative estimate of drug-likeness (QED) is 0.568. The highest BCUT2D eigenvalue weighted by molar-refractivity contribution is 5.94. The van der Waals surface area contributed by atoms with Crippen LogP contribution in [0.2, 0.25) is 0 Å². The van der Waals surface area contributed by atoms with Gasteiger partial charge in [0.1, 0.15) is 0 Å². The van der Waals surface area contributed by atoms with Crippen molar-refractivity contribution in [3.63, 3.8) is 0 Å². The summed E-state index contributed by atoms with van der Waals surface area (Å²) in [6.45, 7) is 7.74. The van der Waals surface area contributed by atoms with E-state index in [9.17, 15) is 4.79 Å². The third-order valence-corrected chi connectivity index (χ3v) is 2.84. The van der Waals surface area contributed by atoms with Gasteiger partial charge in [-0.2, -0.15) is 0 Å². The molecule has 0 atom stereocenters. The van der Waals surface area contributed by atoms with Crippen LogP contribution in [-0.2, 0) is 4.79 Å². The molecular weight excluding hydrogens is 136 g/mol. The first-order valence-electron chi connectivity index (χ1n) is 4.29. The van der Waals surface area contributed by atoms with E-state index in [2.05, 4.69) is 13.5 Å². The summed E-state index contributed by atoms with van der Waals surface area (Å²) in [7, 11) is 0. The first-order valence-corrected chi connectivity index (χ1v) is 4.29. The predicted molar refractivity (Wildman–Crippen MR) is 46.3 cm³/mol. The van der Waals surface area contributed by atoms with Gasteiger partial charge in [0.25, 0.3) is 0 Å². The Hall–Kier alpha value is -0.590. The fraction of sp³-hybridized carbons (Fsp3) is 0.700. The molecule has 0 bridgehead atoms. The van der Waals surface area contributed by atoms with Crippen LogP contribution in [0.4, 0.5) is 0 Å². The van der Waals surface area contributed by atoms with Crippen LogP contribution in [0, 0.1) is 11.3 Å². The Kier molecular flexibility index (Phi) is 2.17. The molecule has 0 radical (unpaired) electrons. The molecule has 0 unspecified atom stereocenters. The van der Waals surface area contributed by atoms with Crippen LogP contribution in [0.25, 0.3) is 0 Å². The normalized spacial score (nSPS) is 36.0. The second-order valence-electron chi connectivity index (χ2n) is 3.81. The molecule has 0 aromatic heterocycles. The van der Waals surface area contributed by atoms with Crippen LogP contribution in [0.3, 0.4) is 0 Å². The molecule has 1 heteroatoms. The van der Waals surface area contributed by atoms with Crippen molar-refractivity contribution in [1.82, 2.24) is 0 Å². The summed E-state index contributed by atoms with van der Waals surface area (Å²) in [6.07, 6.45) is 4.80. The van der Waals surface area contributed by atoms with Gasteiger partial charge in [-0.15, -0.1) is 0 Å². The molecule has 11 heavy (non-hydrogen) atoms. The van der Waals surface area contributed by atoms with Crippen LogP contribution in [-0.4, -0.2) is 5.78 Å². The largest absolute Gasteiger partial charge is 0.294 e. The lowest BCUT2D eigenvalue weighted by Crippen LogP contribution is -2.40. The number of ketones is 1. The van der Waals surface area contributed by atoms with Gasteiger partial charge >= 0.3 is 0 Å². The maximum atomic E-state index is 11.3. The van der Waals surface area contributed by atoms with Gasteiger partial charge in [-0.3, -0.25) is 4.79 Å². The van der Waals surface area contributed by atoms with Gasteiger partial charge in [0.15, 0.2) is 5.78 Å². The van der Waals surface area contributed by atoms with Gasteiger partial charge in [-0.1, -0.05) is 26.8 Å². The SMILES string of the molecule is C=CC(=O)C1(C)CC(CC)C1. The molecule has 0 spiro atoms. The van der Waals surface area contributed by atoms with Gasteiger partial charge in [0.2, 0.25) is 0 Å². The lowest BCUT2D eigenvalue weighted by atomic mass is 9.60. The zero-order valence-electron chi connectivity index (χ0n) is 7.39. The molecule has 0 amide bonds. The third kappa shape index (κ3) is 1.37. The fourth-order valence-electron chi connectivity index (χ4n) is 1.95. The lowest BCUT2D eigenvalue weighted by molar-refractivity contribution is -0.130. The molecule has 1 fully saturated rings. The van der Waals surface area contributed by atoms with Crippen LogP contribution in [0.1, 0.15) is 33.1 Å². The molecule has 1 saturated carbocycles. The zero-order valence-corrected chi connectivity index (χ0v) is 7.39. The number of rotatable bonds is 3. The van der Waals surface area contributed by atoms with E-state index in [4.69, 9.17) is 0 Å². The Morgan fingerprint density at radius 2 is 2.27 bits per heavy atom. The van der Waals surface area contributed by atoms with Crippen LogP contribution >= 0.6 is 0 Å². The van der Waals surface area contributed by atoms with E-state index in [0.717, 1.165) is 18.8 Å². The van der Waals surface area contributed by atoms with E-state index in [1.807, 2.05) is 6.92 Å². The summed E-state index contributed by atoms with van der Waals surface area (Å²) in [5.74, 6) is 1.01. The number of hydrogen-bond donors (Lipinski definition) is 0. The van der Waals surface area contributed by atoms with Crippen molar-refractivity contribution in [2.45, 2.75) is 33.1 Å². The Balaban J connectivity index is 2.48. The standard InChI is InChI=1S/C10H16O/c1-4-8-6-10(3,7-8)9(11)5-2/h5,8H,2,4,6-7H2,1,3H3. The van der Waals surface area contributed by atoms with Crippen LogP contribution in [0.5, 0.6) is 0 Å². The summed E-state index contributed by atoms with van der Waals surface area (Å²) in [6, 6.07) is 0. The van der Waals surface area contributed by atoms with Crippen molar-refractivity contribution in [1.29, 1.82) is 0 Å². The summed E-state index contributed by atoms with van der Waals surface area (Å²) in [5, 5.41) is 0. The molecule has 0 saturated heterocycles. The van der Waals surface area contributed by atoms with Crippen molar-refractivity contribution in [2.75, 3.05) is 0 Å². The van der Waals surface area contributed by atoms with Crippen LogP contribution < -0.4 is 0 Å². The topological polar surface area (TPSA) is 17.1 Å². The average Bonchev–Trinajstić information content (AvgIpc) is 1.96. The molecular formula is C10H16O. The van der Waals surface area contributed by atoms with Crippen LogP contribution in [0.15, 0.2) is 12.7 Å². The highest BCUT2D eigenvalue weighted by atomic mass is 16.1. The molecule has 1 nitrogen and oxygen atoms in total. The second-order valence-corrected chi connectivity index (χ2v) is 3.81. The minimum Gasteiger partial charge on any atom is -0.294 e. The van der Waals surface area contributed by atoms with E-state index in [0.29, 0.717) is 0 Å². The highest BCUT2D eigenvalue weighted by Gasteiger charge is 2.43. The summed E-state index contributed by atoms with van der Waals surface area (Å²) in [5.41, 5.74) is -0.0531. The maximum Gasteiger partial charge on any atom is 0.160 e. The zero-order chi connectivity index (χ0) is 8.48. The average molecular weight is 152 g/mol. The van der Waals surface area contributed by atoms with Crippen molar-refractivity contribution in [2.24, 2.45) is 11.3 Å². The minimum absolute atomic E-state index is 0.0531. The fourth-order valence-corrected chi connectivity index (χ4v) is 1.95. The van der Waals surface area contributed by atoms with Gasteiger partial charge in [-0.25, -0.2) is 0 Å². The van der Waals surface area contributed by atoms with Gasteiger partial charge in [0, 0.05) is 5.41 Å². The predicted octanol–water partition coefficient (Wildman–Crippen LogP) is 2.57. The van der Waals surface area contributed by atoms with Gasteiger partial charge < -0.3 is 0 Å². The molecule has 1 aliphatic carbocycles. The van der Waals surface area contributed by atoms with Crippen molar-refractivity contribution in [3.05, 3.63) is 12.7 Å². The van der Waals surface area contributed by atoms with E-state index in [1.54, 1.807) is 0 Å². The first-order chi connectivity index (χ1) is 5.12. The lowest BCUT2D eigenvalue weighted by Gasteiger charge is -2.43. The van der Waals surface area contributed by atoms with Gasteiger partial charge in [0.05, 0.1) is 0 Å². The Bertz CT molecular complexity index is 175. The molecule has 0 N–H and O–H groups in total. The first kappa shape index (κ1) is 8.51. The Morgan fingerprint density at radius 3 is 2.64 bits per heavy atom. The van der Waals surface area contributed by atoms with E-state index < -0.39 is 0 Å². The number of hydrogen-bond acceptors (Lipinski definition) is 1. The monoisotopic (exact) mass is 152 g/mol. The highest BCUT2D eigenvalue weighted by Crippen LogP contribution is 2.47. The Labute approximate surface area is 68.5 Å². The van der Waals surface area contributed by atoms with Crippen molar-refractivity contribution >= 4 is 5.78 Å². The smallest absolute Gasteiger partial charge is 0.160 e. The van der Waals surface area contributed by atoms with Crippen molar-refractivity contribution in [3.8, 4) is 0 Å². The molecule has 0 aromatic rings. The molecule has 0 aliphatic heterocycles. The molecule has 0 heterocycles. The maximum absolute atomic E-state index is 11.3. The second kappa shape index (κ2) is 2.80. The van der Waals surface area contributed by atoms with E-state index in [1.165, 1.54) is 12.5 Å². The minimum atomic E-state index is -0.0531. The summed E-state index contributed by atoms with van der Waals surface area (Å²) >= 11 is 0. The number of carbonyl (C=O) groups is 1. The third-order valence-electron chi connectivity index (χ3n) is 2.84. The van der Waals surface area contributed by atoms with E-state index in [-0.39, 0.29) is 11.2 Å². The van der Waals surface area contributed by atoms with Gasteiger partial charge in [-0.05, 0) is 24.8 Å². The summed E-state index contributed by atoms with van der Waals surface area (Å²) < 4.78 is 0. The number of allylic oxidation sites excluding steroid dienone is 1. The van der Waals surface area contributed by atoms with Crippen molar-refractivity contribution < 1.29 is 4.79 Å². The molecule has 1 rings (SSSR count). The molecule has 1 aliphatic rings. The number of carbonyl (C=O) groups excluding carboxylic acids is 1.